The first-order valence-electron chi connectivity index (χ1n) is 8.00. The molecule has 2 heterocycles. The molecule has 1 saturated heterocycles. The van der Waals surface area contributed by atoms with Gasteiger partial charge in [-0.3, -0.25) is 4.90 Å². The lowest BCUT2D eigenvalue weighted by atomic mass is 9.79. The van der Waals surface area contributed by atoms with Crippen LogP contribution in [-0.2, 0) is 6.54 Å². The van der Waals surface area contributed by atoms with Crippen LogP contribution in [0.2, 0.25) is 0 Å². The fourth-order valence-electron chi connectivity index (χ4n) is 3.65. The highest BCUT2D eigenvalue weighted by molar-refractivity contribution is 7.11. The fourth-order valence-corrected chi connectivity index (χ4v) is 4.61. The summed E-state index contributed by atoms with van der Waals surface area (Å²) in [4.78, 5) is 8.75. The molecule has 112 valence electrons. The summed E-state index contributed by atoms with van der Waals surface area (Å²) in [6, 6.07) is 0.618. The van der Waals surface area contributed by atoms with Crippen LogP contribution in [0.3, 0.4) is 0 Å². The normalized spacial score (nSPS) is 27.1. The molecule has 0 bridgehead atoms. The number of hydrogen-bond acceptors (Lipinski definition) is 4. The number of hydrogen-bond donors (Lipinski definition) is 1. The van der Waals surface area contributed by atoms with Gasteiger partial charge in [-0.25, -0.2) is 4.98 Å². The van der Waals surface area contributed by atoms with Crippen molar-refractivity contribution in [3.8, 4) is 0 Å². The van der Waals surface area contributed by atoms with Crippen LogP contribution in [0.4, 0.5) is 0 Å². The van der Waals surface area contributed by atoms with Gasteiger partial charge in [0.15, 0.2) is 0 Å². The number of aryl methyl sites for hydroxylation is 2. The molecular formula is C16H27N3S. The Morgan fingerprint density at radius 3 is 2.70 bits per heavy atom. The quantitative estimate of drug-likeness (QED) is 0.907. The summed E-state index contributed by atoms with van der Waals surface area (Å²) in [7, 11) is 0. The third-order valence-corrected chi connectivity index (χ3v) is 6.18. The van der Waals surface area contributed by atoms with Crippen LogP contribution < -0.4 is 5.32 Å². The van der Waals surface area contributed by atoms with Crippen molar-refractivity contribution in [2.24, 2.45) is 0 Å². The molecule has 4 heteroatoms. The predicted octanol–water partition coefficient (Wildman–Crippen LogP) is 3.26. The summed E-state index contributed by atoms with van der Waals surface area (Å²) in [5.41, 5.74) is 1.60. The molecule has 2 fully saturated rings. The molecule has 1 aliphatic carbocycles. The third-order valence-electron chi connectivity index (χ3n) is 5.12. The van der Waals surface area contributed by atoms with Crippen molar-refractivity contribution in [2.45, 2.75) is 71.0 Å². The van der Waals surface area contributed by atoms with Gasteiger partial charge in [0.1, 0.15) is 5.01 Å². The molecule has 1 aliphatic heterocycles. The molecule has 3 rings (SSSR count). The number of nitrogens with zero attached hydrogens (tertiary/aromatic N) is 2. The molecule has 1 N–H and O–H groups in total. The van der Waals surface area contributed by atoms with Crippen LogP contribution in [0.1, 0.15) is 54.6 Å². The van der Waals surface area contributed by atoms with E-state index in [1.807, 2.05) is 11.3 Å². The Morgan fingerprint density at radius 2 is 2.05 bits per heavy atom. The number of nitrogens with one attached hydrogen (secondary N) is 1. The summed E-state index contributed by atoms with van der Waals surface area (Å²) < 4.78 is 0. The number of rotatable bonds is 2. The van der Waals surface area contributed by atoms with E-state index < -0.39 is 0 Å². The molecule has 1 saturated carbocycles. The Balaban J connectivity index is 1.70. The smallest absolute Gasteiger partial charge is 0.107 e. The van der Waals surface area contributed by atoms with Gasteiger partial charge in [-0.05, 0) is 33.6 Å². The number of thiazole rings is 1. The Morgan fingerprint density at radius 1 is 1.30 bits per heavy atom. The molecule has 2 aliphatic rings. The maximum atomic E-state index is 4.73. The molecule has 0 amide bonds. The van der Waals surface area contributed by atoms with Crippen LogP contribution in [0, 0.1) is 13.8 Å². The van der Waals surface area contributed by atoms with Gasteiger partial charge in [0.2, 0.25) is 0 Å². The summed E-state index contributed by atoms with van der Waals surface area (Å²) in [6.45, 7) is 10.0. The van der Waals surface area contributed by atoms with Gasteiger partial charge in [0.05, 0.1) is 12.2 Å². The van der Waals surface area contributed by atoms with Gasteiger partial charge in [-0.1, -0.05) is 19.3 Å². The van der Waals surface area contributed by atoms with E-state index in [-0.39, 0.29) is 0 Å². The van der Waals surface area contributed by atoms with Gasteiger partial charge in [0.25, 0.3) is 0 Å². The highest BCUT2D eigenvalue weighted by Gasteiger charge is 2.38. The van der Waals surface area contributed by atoms with Gasteiger partial charge >= 0.3 is 0 Å². The predicted molar refractivity (Wildman–Crippen MR) is 85.3 cm³/mol. The van der Waals surface area contributed by atoms with E-state index in [1.165, 1.54) is 54.2 Å². The lowest BCUT2D eigenvalue weighted by Gasteiger charge is -2.48. The molecule has 1 atom stereocenters. The second-order valence-electron chi connectivity index (χ2n) is 6.73. The summed E-state index contributed by atoms with van der Waals surface area (Å²) >= 11 is 1.87. The first-order chi connectivity index (χ1) is 9.58. The first-order valence-corrected chi connectivity index (χ1v) is 8.82. The Kier molecular flexibility index (Phi) is 4.16. The minimum Gasteiger partial charge on any atom is -0.308 e. The largest absolute Gasteiger partial charge is 0.308 e. The average Bonchev–Trinajstić information content (AvgIpc) is 2.74. The standard InChI is InChI=1S/C16H27N3S/c1-12-9-17-16(7-5-4-6-8-16)11-19(12)10-15-18-13(2)14(3)20-15/h12,17H,4-11H2,1-3H3. The van der Waals surface area contributed by atoms with Crippen molar-refractivity contribution < 1.29 is 0 Å². The average molecular weight is 293 g/mol. The van der Waals surface area contributed by atoms with E-state index in [1.54, 1.807) is 0 Å². The molecular weight excluding hydrogens is 266 g/mol. The van der Waals surface area contributed by atoms with Crippen molar-refractivity contribution in [3.63, 3.8) is 0 Å². The maximum Gasteiger partial charge on any atom is 0.107 e. The Bertz CT molecular complexity index is 443. The van der Waals surface area contributed by atoms with Crippen molar-refractivity contribution in [1.82, 2.24) is 15.2 Å². The van der Waals surface area contributed by atoms with E-state index in [0.717, 1.165) is 13.1 Å². The Labute approximate surface area is 126 Å². The molecule has 1 unspecified atom stereocenters. The second-order valence-corrected chi connectivity index (χ2v) is 8.01. The SMILES string of the molecule is Cc1nc(CN2CC3(CCCCC3)NCC2C)sc1C. The van der Waals surface area contributed by atoms with Crippen molar-refractivity contribution in [2.75, 3.05) is 13.1 Å². The van der Waals surface area contributed by atoms with Gasteiger partial charge < -0.3 is 5.32 Å². The minimum absolute atomic E-state index is 0.395. The molecule has 1 aromatic rings. The zero-order valence-electron chi connectivity index (χ0n) is 13.0. The zero-order chi connectivity index (χ0) is 14.2. The summed E-state index contributed by atoms with van der Waals surface area (Å²) in [6.07, 6.45) is 6.91. The Hall–Kier alpha value is -0.450. The number of piperazine rings is 1. The third kappa shape index (κ3) is 2.92. The molecule has 1 aromatic heterocycles. The van der Waals surface area contributed by atoms with E-state index in [2.05, 4.69) is 31.0 Å². The molecule has 1 spiro atoms. The highest BCUT2D eigenvalue weighted by atomic mass is 32.1. The van der Waals surface area contributed by atoms with Crippen LogP contribution in [-0.4, -0.2) is 34.6 Å². The van der Waals surface area contributed by atoms with Crippen molar-refractivity contribution >= 4 is 11.3 Å². The van der Waals surface area contributed by atoms with Gasteiger partial charge in [-0.15, -0.1) is 11.3 Å². The summed E-state index contributed by atoms with van der Waals surface area (Å²) in [5, 5.41) is 5.15. The lowest BCUT2D eigenvalue weighted by molar-refractivity contribution is 0.0572. The first kappa shape index (κ1) is 14.5. The van der Waals surface area contributed by atoms with Crippen molar-refractivity contribution in [1.29, 1.82) is 0 Å². The summed E-state index contributed by atoms with van der Waals surface area (Å²) in [5.74, 6) is 0. The van der Waals surface area contributed by atoms with E-state index >= 15 is 0 Å². The monoisotopic (exact) mass is 293 g/mol. The van der Waals surface area contributed by atoms with Crippen molar-refractivity contribution in [3.05, 3.63) is 15.6 Å². The minimum atomic E-state index is 0.395. The highest BCUT2D eigenvalue weighted by Crippen LogP contribution is 2.32. The maximum absolute atomic E-state index is 4.73. The van der Waals surface area contributed by atoms with E-state index in [9.17, 15) is 0 Å². The topological polar surface area (TPSA) is 28.2 Å². The van der Waals surface area contributed by atoms with E-state index in [4.69, 9.17) is 4.98 Å². The van der Waals surface area contributed by atoms with Gasteiger partial charge in [0, 0.05) is 29.5 Å². The lowest BCUT2D eigenvalue weighted by Crippen LogP contribution is -2.63. The zero-order valence-corrected chi connectivity index (χ0v) is 13.9. The molecule has 3 nitrogen and oxygen atoms in total. The van der Waals surface area contributed by atoms with Crippen LogP contribution in [0.25, 0.3) is 0 Å². The van der Waals surface area contributed by atoms with Gasteiger partial charge in [-0.2, -0.15) is 0 Å². The molecule has 0 aromatic carbocycles. The van der Waals surface area contributed by atoms with Crippen LogP contribution >= 0.6 is 11.3 Å². The molecule has 0 radical (unpaired) electrons. The fraction of sp³-hybridized carbons (Fsp3) is 0.812. The van der Waals surface area contributed by atoms with E-state index in [0.29, 0.717) is 11.6 Å². The van der Waals surface area contributed by atoms with Crippen LogP contribution in [0.15, 0.2) is 0 Å². The van der Waals surface area contributed by atoms with Crippen LogP contribution in [0.5, 0.6) is 0 Å². The number of aromatic nitrogens is 1. The second kappa shape index (κ2) is 5.74. The molecule has 20 heavy (non-hydrogen) atoms.